The maximum atomic E-state index is 11.5. The lowest BCUT2D eigenvalue weighted by Gasteiger charge is -2.20. The van der Waals surface area contributed by atoms with Crippen LogP contribution in [0.4, 0.5) is 11.4 Å². The molecule has 0 saturated heterocycles. The van der Waals surface area contributed by atoms with Crippen molar-refractivity contribution in [3.8, 4) is 0 Å². The number of anilines is 2. The number of rotatable bonds is 5. The number of nitrogen functional groups attached to an aromatic ring is 1. The maximum Gasteiger partial charge on any atom is 0.240 e. The van der Waals surface area contributed by atoms with E-state index in [2.05, 4.69) is 5.32 Å². The Kier molecular flexibility index (Phi) is 4.46. The monoisotopic (exact) mass is 307 g/mol. The SMILES string of the molecule is Nc1c(NC(CO)c2ccccc2)cccc1S(N)(=O)=O. The molecule has 21 heavy (non-hydrogen) atoms. The summed E-state index contributed by atoms with van der Waals surface area (Å²) in [5.74, 6) is 0. The van der Waals surface area contributed by atoms with Gasteiger partial charge in [0.1, 0.15) is 4.90 Å². The summed E-state index contributed by atoms with van der Waals surface area (Å²) in [7, 11) is -3.89. The minimum atomic E-state index is -3.89. The van der Waals surface area contributed by atoms with Crippen LogP contribution in [0.2, 0.25) is 0 Å². The summed E-state index contributed by atoms with van der Waals surface area (Å²) in [6, 6.07) is 13.4. The van der Waals surface area contributed by atoms with E-state index in [-0.39, 0.29) is 17.2 Å². The van der Waals surface area contributed by atoms with Gasteiger partial charge in [-0.05, 0) is 17.7 Å². The van der Waals surface area contributed by atoms with Crippen LogP contribution >= 0.6 is 0 Å². The fraction of sp³-hybridized carbons (Fsp3) is 0.143. The van der Waals surface area contributed by atoms with Gasteiger partial charge >= 0.3 is 0 Å². The Morgan fingerprint density at radius 1 is 1.10 bits per heavy atom. The lowest BCUT2D eigenvalue weighted by molar-refractivity contribution is 0.276. The molecule has 6 N–H and O–H groups in total. The summed E-state index contributed by atoms with van der Waals surface area (Å²) in [5.41, 5.74) is 7.15. The molecule has 2 aromatic rings. The van der Waals surface area contributed by atoms with Crippen LogP contribution in [0.5, 0.6) is 0 Å². The first-order valence-corrected chi connectivity index (χ1v) is 7.81. The van der Waals surface area contributed by atoms with Gasteiger partial charge in [0, 0.05) is 0 Å². The molecule has 112 valence electrons. The van der Waals surface area contributed by atoms with E-state index in [9.17, 15) is 13.5 Å². The Bertz CT molecular complexity index is 717. The molecule has 1 unspecified atom stereocenters. The Morgan fingerprint density at radius 2 is 1.76 bits per heavy atom. The summed E-state index contributed by atoms with van der Waals surface area (Å²) in [5, 5.41) is 17.7. The van der Waals surface area contributed by atoms with Crippen LogP contribution in [0, 0.1) is 0 Å². The highest BCUT2D eigenvalue weighted by Crippen LogP contribution is 2.29. The zero-order valence-corrected chi connectivity index (χ0v) is 12.0. The highest BCUT2D eigenvalue weighted by Gasteiger charge is 2.17. The van der Waals surface area contributed by atoms with E-state index in [0.29, 0.717) is 5.69 Å². The van der Waals surface area contributed by atoms with Crippen molar-refractivity contribution < 1.29 is 13.5 Å². The van der Waals surface area contributed by atoms with E-state index < -0.39 is 16.1 Å². The lowest BCUT2D eigenvalue weighted by Crippen LogP contribution is -2.18. The zero-order valence-electron chi connectivity index (χ0n) is 11.2. The van der Waals surface area contributed by atoms with Crippen molar-refractivity contribution in [1.82, 2.24) is 0 Å². The number of hydrogen-bond acceptors (Lipinski definition) is 5. The zero-order chi connectivity index (χ0) is 15.5. The van der Waals surface area contributed by atoms with Gasteiger partial charge in [-0.15, -0.1) is 0 Å². The topological polar surface area (TPSA) is 118 Å². The van der Waals surface area contributed by atoms with Crippen LogP contribution in [-0.2, 0) is 10.0 Å². The molecule has 0 amide bonds. The molecule has 6 nitrogen and oxygen atoms in total. The first-order chi connectivity index (χ1) is 9.93. The number of sulfonamides is 1. The van der Waals surface area contributed by atoms with Crippen molar-refractivity contribution in [2.75, 3.05) is 17.7 Å². The number of hydrogen-bond donors (Lipinski definition) is 4. The fourth-order valence-electron chi connectivity index (χ4n) is 2.03. The number of aliphatic hydroxyl groups is 1. The van der Waals surface area contributed by atoms with Crippen molar-refractivity contribution in [3.63, 3.8) is 0 Å². The van der Waals surface area contributed by atoms with Crippen LogP contribution in [0.3, 0.4) is 0 Å². The summed E-state index contributed by atoms with van der Waals surface area (Å²) in [6.07, 6.45) is 0. The second kappa shape index (κ2) is 6.13. The van der Waals surface area contributed by atoms with Gasteiger partial charge in [0.2, 0.25) is 10.0 Å². The average molecular weight is 307 g/mol. The first kappa shape index (κ1) is 15.3. The van der Waals surface area contributed by atoms with Gasteiger partial charge < -0.3 is 16.2 Å². The van der Waals surface area contributed by atoms with Gasteiger partial charge in [0.05, 0.1) is 24.0 Å². The number of nitrogens with one attached hydrogen (secondary N) is 1. The lowest BCUT2D eigenvalue weighted by atomic mass is 10.1. The predicted octanol–water partition coefficient (Wildman–Crippen LogP) is 1.06. The third-order valence-corrected chi connectivity index (χ3v) is 4.06. The highest BCUT2D eigenvalue weighted by molar-refractivity contribution is 7.89. The summed E-state index contributed by atoms with van der Waals surface area (Å²) in [4.78, 5) is -0.141. The summed E-state index contributed by atoms with van der Waals surface area (Å²) >= 11 is 0. The van der Waals surface area contributed by atoms with Gasteiger partial charge in [-0.3, -0.25) is 0 Å². The van der Waals surface area contributed by atoms with E-state index in [0.717, 1.165) is 5.56 Å². The van der Waals surface area contributed by atoms with E-state index in [1.165, 1.54) is 12.1 Å². The van der Waals surface area contributed by atoms with Crippen molar-refractivity contribution in [2.24, 2.45) is 5.14 Å². The molecule has 0 bridgehead atoms. The van der Waals surface area contributed by atoms with Crippen LogP contribution in [0.25, 0.3) is 0 Å². The molecule has 0 heterocycles. The second-order valence-corrected chi connectivity index (χ2v) is 6.08. The van der Waals surface area contributed by atoms with Crippen LogP contribution < -0.4 is 16.2 Å². The minimum Gasteiger partial charge on any atom is -0.396 e. The maximum absolute atomic E-state index is 11.5. The number of primary sulfonamides is 1. The van der Waals surface area contributed by atoms with E-state index >= 15 is 0 Å². The largest absolute Gasteiger partial charge is 0.396 e. The fourth-order valence-corrected chi connectivity index (χ4v) is 2.71. The van der Waals surface area contributed by atoms with Crippen molar-refractivity contribution in [3.05, 3.63) is 54.1 Å². The molecule has 1 atom stereocenters. The quantitative estimate of drug-likeness (QED) is 0.616. The van der Waals surface area contributed by atoms with Crippen LogP contribution in [-0.4, -0.2) is 20.1 Å². The third kappa shape index (κ3) is 3.52. The molecule has 0 aliphatic rings. The molecular weight excluding hydrogens is 290 g/mol. The van der Waals surface area contributed by atoms with Gasteiger partial charge in [0.25, 0.3) is 0 Å². The van der Waals surface area contributed by atoms with Crippen molar-refractivity contribution >= 4 is 21.4 Å². The smallest absolute Gasteiger partial charge is 0.240 e. The predicted molar refractivity (Wildman–Crippen MR) is 82.1 cm³/mol. The molecule has 0 aliphatic carbocycles. The summed E-state index contributed by atoms with van der Waals surface area (Å²) < 4.78 is 22.9. The molecule has 7 heteroatoms. The summed E-state index contributed by atoms with van der Waals surface area (Å²) in [6.45, 7) is -0.164. The molecule has 0 aromatic heterocycles. The molecule has 0 radical (unpaired) electrons. The Hall–Kier alpha value is -2.09. The normalized spacial score (nSPS) is 12.9. The molecule has 0 saturated carbocycles. The van der Waals surface area contributed by atoms with Gasteiger partial charge in [-0.2, -0.15) is 0 Å². The number of aliphatic hydroxyl groups excluding tert-OH is 1. The van der Waals surface area contributed by atoms with E-state index in [1.54, 1.807) is 6.07 Å². The second-order valence-electron chi connectivity index (χ2n) is 4.55. The molecule has 0 aliphatic heterocycles. The van der Waals surface area contributed by atoms with Crippen molar-refractivity contribution in [2.45, 2.75) is 10.9 Å². The van der Waals surface area contributed by atoms with Crippen LogP contribution in [0.15, 0.2) is 53.4 Å². The molecule has 2 rings (SSSR count). The number of benzene rings is 2. The standard InChI is InChI=1S/C14H17N3O3S/c15-14-11(7-4-8-13(14)21(16,19)20)17-12(9-18)10-5-2-1-3-6-10/h1-8,12,17-18H,9,15H2,(H2,16,19,20). The van der Waals surface area contributed by atoms with Gasteiger partial charge in [-0.1, -0.05) is 36.4 Å². The average Bonchev–Trinajstić information content (AvgIpc) is 2.46. The molecule has 0 spiro atoms. The number of nitrogens with two attached hydrogens (primary N) is 2. The molecule has 0 fully saturated rings. The highest BCUT2D eigenvalue weighted by atomic mass is 32.2. The number of para-hydroxylation sites is 1. The molecule has 2 aromatic carbocycles. The van der Waals surface area contributed by atoms with E-state index in [1.807, 2.05) is 30.3 Å². The molecular formula is C14H17N3O3S. The minimum absolute atomic E-state index is 0.0365. The Balaban J connectivity index is 2.35. The van der Waals surface area contributed by atoms with Gasteiger partial charge in [-0.25, -0.2) is 13.6 Å². The van der Waals surface area contributed by atoms with Crippen LogP contribution in [0.1, 0.15) is 11.6 Å². The Morgan fingerprint density at radius 3 is 2.33 bits per heavy atom. The van der Waals surface area contributed by atoms with E-state index in [4.69, 9.17) is 10.9 Å². The van der Waals surface area contributed by atoms with Gasteiger partial charge in [0.15, 0.2) is 0 Å². The first-order valence-electron chi connectivity index (χ1n) is 6.27. The van der Waals surface area contributed by atoms with Crippen molar-refractivity contribution in [1.29, 1.82) is 0 Å². The Labute approximate surface area is 123 Å². The third-order valence-electron chi connectivity index (χ3n) is 3.09.